The molecule has 0 unspecified atom stereocenters. The molecule has 0 fully saturated rings. The molecule has 0 aromatic heterocycles. The van der Waals surface area contributed by atoms with Crippen molar-refractivity contribution in [2.75, 3.05) is 21.8 Å². The zero-order valence-corrected chi connectivity index (χ0v) is 11.5. The Labute approximate surface area is 110 Å². The third kappa shape index (κ3) is 4.75. The van der Waals surface area contributed by atoms with E-state index >= 15 is 0 Å². The molecule has 0 aliphatic heterocycles. The zero-order valence-electron chi connectivity index (χ0n) is 9.82. The number of hydrogen-bond donors (Lipinski definition) is 3. The van der Waals surface area contributed by atoms with Crippen molar-refractivity contribution in [2.24, 2.45) is 0 Å². The molecule has 0 bridgehead atoms. The number of aromatic carboxylic acids is 1. The largest absolute Gasteiger partial charge is 0.478 e. The molecule has 0 saturated heterocycles. The van der Waals surface area contributed by atoms with E-state index in [9.17, 15) is 21.6 Å². The van der Waals surface area contributed by atoms with Gasteiger partial charge in [-0.05, 0) is 18.2 Å². The van der Waals surface area contributed by atoms with Gasteiger partial charge < -0.3 is 10.8 Å². The summed E-state index contributed by atoms with van der Waals surface area (Å²) in [5.41, 5.74) is 4.93. The molecule has 10 heteroatoms. The van der Waals surface area contributed by atoms with Crippen LogP contribution in [0.3, 0.4) is 0 Å². The number of sulfone groups is 1. The van der Waals surface area contributed by atoms with E-state index < -0.39 is 30.9 Å². The van der Waals surface area contributed by atoms with E-state index in [-0.39, 0.29) is 16.9 Å². The van der Waals surface area contributed by atoms with Crippen molar-refractivity contribution < 1.29 is 26.7 Å². The number of nitrogens with two attached hydrogens (primary N) is 1. The topological polar surface area (TPSA) is 144 Å². The van der Waals surface area contributed by atoms with Gasteiger partial charge in [-0.15, -0.1) is 0 Å². The first-order chi connectivity index (χ1) is 8.50. The highest BCUT2D eigenvalue weighted by Gasteiger charge is 2.21. The normalized spacial score (nSPS) is 12.1. The number of rotatable bonds is 5. The molecule has 0 aliphatic rings. The Morgan fingerprint density at radius 2 is 1.89 bits per heavy atom. The summed E-state index contributed by atoms with van der Waals surface area (Å²) in [6.07, 6.45) is 0.757. The first kappa shape index (κ1) is 15.2. The predicted octanol–water partition coefficient (Wildman–Crippen LogP) is -0.289. The maximum atomic E-state index is 11.6. The number of carboxylic acids is 1. The maximum absolute atomic E-state index is 11.6. The lowest BCUT2D eigenvalue weighted by Crippen LogP contribution is -2.23. The van der Waals surface area contributed by atoms with Crippen LogP contribution < -0.4 is 10.5 Å². The molecule has 19 heavy (non-hydrogen) atoms. The molecule has 1 aromatic carbocycles. The van der Waals surface area contributed by atoms with Crippen molar-refractivity contribution in [1.29, 1.82) is 0 Å². The molecule has 0 aliphatic carbocycles. The molecule has 0 atom stereocenters. The van der Waals surface area contributed by atoms with E-state index in [1.54, 1.807) is 0 Å². The first-order valence-electron chi connectivity index (χ1n) is 4.81. The fraction of sp³-hybridized carbons (Fsp3) is 0.222. The summed E-state index contributed by atoms with van der Waals surface area (Å²) in [6, 6.07) is 3.52. The summed E-state index contributed by atoms with van der Waals surface area (Å²) < 4.78 is 46.9. The van der Waals surface area contributed by atoms with E-state index in [1.807, 2.05) is 4.72 Å². The number of benzene rings is 1. The molecule has 1 aromatic rings. The van der Waals surface area contributed by atoms with Crippen LogP contribution in [0.5, 0.6) is 0 Å². The summed E-state index contributed by atoms with van der Waals surface area (Å²) in [6.45, 7) is 0. The van der Waals surface area contributed by atoms with Gasteiger partial charge in [0.15, 0.2) is 14.9 Å². The predicted molar refractivity (Wildman–Crippen MR) is 70.1 cm³/mol. The van der Waals surface area contributed by atoms with Crippen LogP contribution in [0.1, 0.15) is 10.4 Å². The van der Waals surface area contributed by atoms with Gasteiger partial charge in [0.25, 0.3) is 0 Å². The van der Waals surface area contributed by atoms with Crippen molar-refractivity contribution >= 4 is 37.2 Å². The van der Waals surface area contributed by atoms with Crippen LogP contribution in [0.4, 0.5) is 11.4 Å². The maximum Gasteiger partial charge on any atom is 0.337 e. The number of nitrogens with one attached hydrogen (secondary N) is 1. The Morgan fingerprint density at radius 3 is 2.37 bits per heavy atom. The Balaban J connectivity index is 3.17. The van der Waals surface area contributed by atoms with Crippen LogP contribution in [0, 0.1) is 0 Å². The second kappa shape index (κ2) is 5.05. The molecule has 0 radical (unpaired) electrons. The van der Waals surface area contributed by atoms with E-state index in [0.29, 0.717) is 0 Å². The molecule has 106 valence electrons. The van der Waals surface area contributed by atoms with Crippen LogP contribution >= 0.6 is 0 Å². The van der Waals surface area contributed by atoms with Crippen molar-refractivity contribution in [1.82, 2.24) is 0 Å². The van der Waals surface area contributed by atoms with E-state index in [2.05, 4.69) is 0 Å². The van der Waals surface area contributed by atoms with Gasteiger partial charge in [0.1, 0.15) is 0 Å². The van der Waals surface area contributed by atoms with Gasteiger partial charge in [0, 0.05) is 11.9 Å². The van der Waals surface area contributed by atoms with Crippen molar-refractivity contribution in [3.63, 3.8) is 0 Å². The standard InChI is InChI=1S/C9H12N2O6S2/c1-18(14,15)5-19(16,17)11-8-3-2-6(10)4-7(8)9(12)13/h2-4,11H,5,10H2,1H3,(H,12,13). The lowest BCUT2D eigenvalue weighted by Gasteiger charge is -2.10. The number of carbonyl (C=O) groups is 1. The van der Waals surface area contributed by atoms with Crippen LogP contribution in [0.15, 0.2) is 18.2 Å². The molecule has 8 nitrogen and oxygen atoms in total. The fourth-order valence-corrected chi connectivity index (χ4v) is 4.31. The average molecular weight is 308 g/mol. The van der Waals surface area contributed by atoms with Crippen LogP contribution in [0.25, 0.3) is 0 Å². The van der Waals surface area contributed by atoms with Crippen molar-refractivity contribution in [3.8, 4) is 0 Å². The van der Waals surface area contributed by atoms with E-state index in [1.165, 1.54) is 6.07 Å². The molecular weight excluding hydrogens is 296 g/mol. The number of sulfonamides is 1. The smallest absolute Gasteiger partial charge is 0.337 e. The summed E-state index contributed by atoms with van der Waals surface area (Å²) in [5, 5.41) is 7.78. The molecule has 0 spiro atoms. The summed E-state index contributed by atoms with van der Waals surface area (Å²) in [4.78, 5) is 10.9. The van der Waals surface area contributed by atoms with Crippen molar-refractivity contribution in [2.45, 2.75) is 0 Å². The minimum Gasteiger partial charge on any atom is -0.478 e. The van der Waals surface area contributed by atoms with Gasteiger partial charge in [-0.1, -0.05) is 0 Å². The van der Waals surface area contributed by atoms with Crippen LogP contribution in [-0.4, -0.2) is 39.3 Å². The highest BCUT2D eigenvalue weighted by Crippen LogP contribution is 2.20. The summed E-state index contributed by atoms with van der Waals surface area (Å²) in [7, 11) is -7.97. The molecular formula is C9H12N2O6S2. The van der Waals surface area contributed by atoms with Gasteiger partial charge in [0.2, 0.25) is 10.0 Å². The quantitative estimate of drug-likeness (QED) is 0.634. The van der Waals surface area contributed by atoms with Gasteiger partial charge in [-0.3, -0.25) is 4.72 Å². The summed E-state index contributed by atoms with van der Waals surface area (Å²) in [5.74, 6) is -1.38. The number of anilines is 2. The highest BCUT2D eigenvalue weighted by molar-refractivity contribution is 8.08. The lowest BCUT2D eigenvalue weighted by atomic mass is 10.1. The third-order valence-electron chi connectivity index (χ3n) is 1.91. The van der Waals surface area contributed by atoms with Gasteiger partial charge in [-0.25, -0.2) is 21.6 Å². The Morgan fingerprint density at radius 1 is 1.32 bits per heavy atom. The molecule has 0 heterocycles. The average Bonchev–Trinajstić information content (AvgIpc) is 2.16. The molecule has 0 amide bonds. The minimum atomic E-state index is -4.20. The molecule has 1 rings (SSSR count). The number of nitrogen functional groups attached to an aromatic ring is 1. The second-order valence-corrected chi connectivity index (χ2v) is 8.10. The van der Waals surface area contributed by atoms with E-state index in [4.69, 9.17) is 10.8 Å². The number of hydrogen-bond acceptors (Lipinski definition) is 6. The third-order valence-corrected chi connectivity index (χ3v) is 5.39. The van der Waals surface area contributed by atoms with Gasteiger partial charge >= 0.3 is 5.97 Å². The highest BCUT2D eigenvalue weighted by atomic mass is 32.3. The number of carboxylic acid groups (broad SMARTS) is 1. The SMILES string of the molecule is CS(=O)(=O)CS(=O)(=O)Nc1ccc(N)cc1C(=O)O. The minimum absolute atomic E-state index is 0.142. The Hall–Kier alpha value is -1.81. The zero-order chi connectivity index (χ0) is 14.8. The molecule has 4 N–H and O–H groups in total. The van der Waals surface area contributed by atoms with Crippen LogP contribution in [-0.2, 0) is 19.9 Å². The summed E-state index contributed by atoms with van der Waals surface area (Å²) >= 11 is 0. The Kier molecular flexibility index (Phi) is 4.06. The Bertz CT molecular complexity index is 708. The lowest BCUT2D eigenvalue weighted by molar-refractivity contribution is 0.0698. The monoisotopic (exact) mass is 308 g/mol. The van der Waals surface area contributed by atoms with Crippen molar-refractivity contribution in [3.05, 3.63) is 23.8 Å². The fourth-order valence-electron chi connectivity index (χ4n) is 1.31. The first-order valence-corrected chi connectivity index (χ1v) is 8.52. The van der Waals surface area contributed by atoms with Crippen LogP contribution in [0.2, 0.25) is 0 Å². The second-order valence-electron chi connectivity index (χ2n) is 3.87. The molecule has 0 saturated carbocycles. The van der Waals surface area contributed by atoms with E-state index in [0.717, 1.165) is 18.4 Å². The van der Waals surface area contributed by atoms with Gasteiger partial charge in [-0.2, -0.15) is 0 Å². The van der Waals surface area contributed by atoms with Gasteiger partial charge in [0.05, 0.1) is 11.3 Å².